The molecule has 2 N–H and O–H groups in total. The molecule has 0 fully saturated rings. The highest BCUT2D eigenvalue weighted by Gasteiger charge is 2.16. The lowest BCUT2D eigenvalue weighted by molar-refractivity contribution is -0.138. The van der Waals surface area contributed by atoms with Crippen molar-refractivity contribution in [3.05, 3.63) is 29.0 Å². The van der Waals surface area contributed by atoms with E-state index in [-0.39, 0.29) is 5.02 Å². The lowest BCUT2D eigenvalue weighted by Crippen LogP contribution is -2.28. The zero-order valence-electron chi connectivity index (χ0n) is 8.84. The smallest absolute Gasteiger partial charge is 0.326 e. The Balaban J connectivity index is 2.77. The Morgan fingerprint density at radius 2 is 2.31 bits per heavy atom. The topological polar surface area (TPSA) is 49.3 Å². The Morgan fingerprint density at radius 3 is 2.81 bits per heavy atom. The van der Waals surface area contributed by atoms with Gasteiger partial charge in [-0.3, -0.25) is 0 Å². The highest BCUT2D eigenvalue weighted by atomic mass is 35.5. The quantitative estimate of drug-likeness (QED) is 0.838. The number of aliphatic carboxylic acids is 1. The summed E-state index contributed by atoms with van der Waals surface area (Å²) in [5.41, 5.74) is 0.507. The van der Waals surface area contributed by atoms with Crippen LogP contribution in [0.2, 0.25) is 5.02 Å². The monoisotopic (exact) mass is 245 g/mol. The first-order chi connectivity index (χ1) is 7.54. The van der Waals surface area contributed by atoms with Crippen LogP contribution in [0.1, 0.15) is 19.8 Å². The highest BCUT2D eigenvalue weighted by Crippen LogP contribution is 2.20. The highest BCUT2D eigenvalue weighted by molar-refractivity contribution is 6.31. The maximum Gasteiger partial charge on any atom is 0.326 e. The van der Waals surface area contributed by atoms with Crippen molar-refractivity contribution in [2.45, 2.75) is 25.8 Å². The number of benzene rings is 1. The van der Waals surface area contributed by atoms with E-state index in [1.54, 1.807) is 0 Å². The van der Waals surface area contributed by atoms with Gasteiger partial charge in [-0.25, -0.2) is 9.18 Å². The molecule has 0 saturated heterocycles. The molecule has 0 bridgehead atoms. The normalized spacial score (nSPS) is 12.2. The second-order valence-electron chi connectivity index (χ2n) is 3.45. The van der Waals surface area contributed by atoms with Gasteiger partial charge in [0.25, 0.3) is 0 Å². The molecule has 0 spiro atoms. The number of carboxylic acids is 1. The van der Waals surface area contributed by atoms with Crippen LogP contribution < -0.4 is 5.32 Å². The first-order valence-corrected chi connectivity index (χ1v) is 5.36. The summed E-state index contributed by atoms with van der Waals surface area (Å²) in [4.78, 5) is 10.9. The van der Waals surface area contributed by atoms with Crippen molar-refractivity contribution in [2.75, 3.05) is 5.32 Å². The Kier molecular flexibility index (Phi) is 4.55. The number of nitrogens with one attached hydrogen (secondary N) is 1. The summed E-state index contributed by atoms with van der Waals surface area (Å²) in [7, 11) is 0. The summed E-state index contributed by atoms with van der Waals surface area (Å²) in [5, 5.41) is 11.7. The number of hydrogen-bond donors (Lipinski definition) is 2. The van der Waals surface area contributed by atoms with E-state index < -0.39 is 17.8 Å². The summed E-state index contributed by atoms with van der Waals surface area (Å²) in [6.07, 6.45) is 1.25. The molecule has 16 heavy (non-hydrogen) atoms. The molecule has 0 radical (unpaired) electrons. The predicted molar refractivity (Wildman–Crippen MR) is 61.4 cm³/mol. The van der Waals surface area contributed by atoms with E-state index in [4.69, 9.17) is 16.7 Å². The largest absolute Gasteiger partial charge is 0.480 e. The van der Waals surface area contributed by atoms with Gasteiger partial charge in [-0.05, 0) is 24.6 Å². The van der Waals surface area contributed by atoms with E-state index in [2.05, 4.69) is 5.32 Å². The second-order valence-corrected chi connectivity index (χ2v) is 3.86. The third kappa shape index (κ3) is 3.38. The predicted octanol–water partition coefficient (Wildman–Crippen LogP) is 3.14. The van der Waals surface area contributed by atoms with Crippen molar-refractivity contribution in [3.63, 3.8) is 0 Å². The maximum atomic E-state index is 12.9. The molecule has 0 heterocycles. The van der Waals surface area contributed by atoms with E-state index in [0.717, 1.165) is 6.42 Å². The van der Waals surface area contributed by atoms with Crippen molar-refractivity contribution in [2.24, 2.45) is 0 Å². The van der Waals surface area contributed by atoms with Gasteiger partial charge in [-0.2, -0.15) is 0 Å². The molecular weight excluding hydrogens is 233 g/mol. The van der Waals surface area contributed by atoms with Gasteiger partial charge in [0.2, 0.25) is 0 Å². The molecule has 0 aromatic heterocycles. The van der Waals surface area contributed by atoms with Crippen LogP contribution in [-0.4, -0.2) is 17.1 Å². The molecule has 1 aromatic carbocycles. The van der Waals surface area contributed by atoms with Crippen molar-refractivity contribution < 1.29 is 14.3 Å². The summed E-state index contributed by atoms with van der Waals surface area (Å²) in [5.74, 6) is -1.45. The Labute approximate surface area is 98.2 Å². The van der Waals surface area contributed by atoms with Crippen molar-refractivity contribution in [3.8, 4) is 0 Å². The Bertz CT molecular complexity index is 384. The molecule has 1 atom stereocenters. The average molecular weight is 246 g/mol. The number of halogens is 2. The van der Waals surface area contributed by atoms with Crippen molar-refractivity contribution >= 4 is 23.3 Å². The Hall–Kier alpha value is -1.29. The van der Waals surface area contributed by atoms with Gasteiger partial charge in [-0.15, -0.1) is 0 Å². The van der Waals surface area contributed by atoms with Crippen LogP contribution in [0.3, 0.4) is 0 Å². The van der Waals surface area contributed by atoms with Crippen LogP contribution >= 0.6 is 11.6 Å². The van der Waals surface area contributed by atoms with Gasteiger partial charge >= 0.3 is 5.97 Å². The molecule has 0 unspecified atom stereocenters. The van der Waals surface area contributed by atoms with Crippen LogP contribution in [-0.2, 0) is 4.79 Å². The summed E-state index contributed by atoms with van der Waals surface area (Å²) >= 11 is 5.59. The average Bonchev–Trinajstić information content (AvgIpc) is 2.22. The van der Waals surface area contributed by atoms with Gasteiger partial charge in [0.05, 0.1) is 5.02 Å². The minimum Gasteiger partial charge on any atom is -0.480 e. The minimum absolute atomic E-state index is 0.0226. The van der Waals surface area contributed by atoms with Crippen molar-refractivity contribution in [1.82, 2.24) is 0 Å². The van der Waals surface area contributed by atoms with Crippen LogP contribution in [0.15, 0.2) is 18.2 Å². The summed E-state index contributed by atoms with van der Waals surface area (Å²) in [6.45, 7) is 1.90. The molecule has 0 aliphatic heterocycles. The molecule has 3 nitrogen and oxygen atoms in total. The molecule has 0 saturated carbocycles. The van der Waals surface area contributed by atoms with E-state index >= 15 is 0 Å². The number of carbonyl (C=O) groups is 1. The molecule has 0 aliphatic rings. The third-order valence-electron chi connectivity index (χ3n) is 2.14. The molecule has 88 valence electrons. The SMILES string of the molecule is CCC[C@@H](Nc1ccc(F)c(Cl)c1)C(=O)O. The second kappa shape index (κ2) is 5.70. The van der Waals surface area contributed by atoms with E-state index in [1.807, 2.05) is 6.92 Å². The Morgan fingerprint density at radius 1 is 1.62 bits per heavy atom. The van der Waals surface area contributed by atoms with Crippen molar-refractivity contribution in [1.29, 1.82) is 0 Å². The van der Waals surface area contributed by atoms with Gasteiger partial charge in [0.15, 0.2) is 0 Å². The van der Waals surface area contributed by atoms with E-state index in [0.29, 0.717) is 12.1 Å². The summed E-state index contributed by atoms with van der Waals surface area (Å²) < 4.78 is 12.9. The van der Waals surface area contributed by atoms with Gasteiger partial charge in [0.1, 0.15) is 11.9 Å². The van der Waals surface area contributed by atoms with Gasteiger partial charge in [0, 0.05) is 5.69 Å². The number of carboxylic acid groups (broad SMARTS) is 1. The molecule has 5 heteroatoms. The molecule has 1 aromatic rings. The van der Waals surface area contributed by atoms with Crippen LogP contribution in [0.5, 0.6) is 0 Å². The zero-order chi connectivity index (χ0) is 12.1. The number of rotatable bonds is 5. The zero-order valence-corrected chi connectivity index (χ0v) is 9.59. The molecular formula is C11H13ClFNO2. The molecule has 1 rings (SSSR count). The van der Waals surface area contributed by atoms with Crippen LogP contribution in [0.4, 0.5) is 10.1 Å². The van der Waals surface area contributed by atoms with Crippen LogP contribution in [0.25, 0.3) is 0 Å². The molecule has 0 amide bonds. The number of anilines is 1. The van der Waals surface area contributed by atoms with Gasteiger partial charge < -0.3 is 10.4 Å². The van der Waals surface area contributed by atoms with Gasteiger partial charge in [-0.1, -0.05) is 24.9 Å². The van der Waals surface area contributed by atoms with E-state index in [9.17, 15) is 9.18 Å². The fourth-order valence-electron chi connectivity index (χ4n) is 1.33. The molecule has 0 aliphatic carbocycles. The fraction of sp³-hybridized carbons (Fsp3) is 0.364. The number of hydrogen-bond acceptors (Lipinski definition) is 2. The lowest BCUT2D eigenvalue weighted by atomic mass is 10.1. The summed E-state index contributed by atoms with van der Waals surface area (Å²) in [6, 6.07) is 3.37. The maximum absolute atomic E-state index is 12.9. The minimum atomic E-state index is -0.928. The first-order valence-electron chi connectivity index (χ1n) is 4.99. The third-order valence-corrected chi connectivity index (χ3v) is 2.43. The standard InChI is InChI=1S/C11H13ClFNO2/c1-2-3-10(11(15)16)14-7-4-5-9(13)8(12)6-7/h4-6,10,14H,2-3H2,1H3,(H,15,16)/t10-/m1/s1. The fourth-order valence-corrected chi connectivity index (χ4v) is 1.51. The lowest BCUT2D eigenvalue weighted by Gasteiger charge is -2.15. The first kappa shape index (κ1) is 12.8. The van der Waals surface area contributed by atoms with Crippen LogP contribution in [0, 0.1) is 5.82 Å². The van der Waals surface area contributed by atoms with E-state index in [1.165, 1.54) is 18.2 Å².